The van der Waals surface area contributed by atoms with Gasteiger partial charge in [-0.1, -0.05) is 25.1 Å². The molecule has 3 rings (SSSR count). The SMILES string of the molecule is CCc1ccc2ncc(C#N)c(Nc3cccc(C)c3)c2c1.Cl. The number of nitriles is 1. The number of nitrogens with zero attached hydrogens (tertiary/aromatic N) is 2. The van der Waals surface area contributed by atoms with Gasteiger partial charge in [0.05, 0.1) is 16.8 Å². The third-order valence-electron chi connectivity index (χ3n) is 3.75. The second-order valence-electron chi connectivity index (χ2n) is 5.36. The molecule has 0 spiro atoms. The van der Waals surface area contributed by atoms with Crippen LogP contribution in [0.1, 0.15) is 23.6 Å². The molecule has 0 saturated carbocycles. The van der Waals surface area contributed by atoms with Crippen molar-refractivity contribution in [3.05, 3.63) is 65.4 Å². The first-order chi connectivity index (χ1) is 10.7. The zero-order chi connectivity index (χ0) is 15.5. The van der Waals surface area contributed by atoms with Crippen molar-refractivity contribution in [3.8, 4) is 6.07 Å². The standard InChI is InChI=1S/C19H17N3.ClH/c1-3-14-7-8-18-17(10-14)19(15(11-20)12-21-18)22-16-6-4-5-13(2)9-16;/h4-10,12H,3H2,1-2H3,(H,21,22);1H. The minimum atomic E-state index is 0. The van der Waals surface area contributed by atoms with Gasteiger partial charge >= 0.3 is 0 Å². The summed E-state index contributed by atoms with van der Waals surface area (Å²) >= 11 is 0. The number of benzene rings is 2. The molecule has 0 aliphatic carbocycles. The largest absolute Gasteiger partial charge is 0.354 e. The Morgan fingerprint density at radius 1 is 1.17 bits per heavy atom. The van der Waals surface area contributed by atoms with Crippen LogP contribution >= 0.6 is 12.4 Å². The Hall–Kier alpha value is -2.57. The molecular formula is C19H18ClN3. The average Bonchev–Trinajstić information content (AvgIpc) is 2.55. The molecule has 23 heavy (non-hydrogen) atoms. The summed E-state index contributed by atoms with van der Waals surface area (Å²) in [5.41, 5.74) is 5.67. The van der Waals surface area contributed by atoms with Crippen LogP contribution in [0.25, 0.3) is 10.9 Å². The molecule has 2 aromatic carbocycles. The number of hydrogen-bond acceptors (Lipinski definition) is 3. The van der Waals surface area contributed by atoms with Crippen LogP contribution in [0.3, 0.4) is 0 Å². The fourth-order valence-corrected chi connectivity index (χ4v) is 2.55. The fraction of sp³-hybridized carbons (Fsp3) is 0.158. The fourth-order valence-electron chi connectivity index (χ4n) is 2.55. The van der Waals surface area contributed by atoms with Crippen molar-refractivity contribution in [1.29, 1.82) is 5.26 Å². The molecule has 0 radical (unpaired) electrons. The number of fused-ring (bicyclic) bond motifs is 1. The van der Waals surface area contributed by atoms with Gasteiger partial charge in [-0.2, -0.15) is 5.26 Å². The highest BCUT2D eigenvalue weighted by molar-refractivity contribution is 5.96. The number of aromatic nitrogens is 1. The molecular weight excluding hydrogens is 306 g/mol. The predicted molar refractivity (Wildman–Crippen MR) is 97.5 cm³/mol. The minimum Gasteiger partial charge on any atom is -0.354 e. The number of halogens is 1. The van der Waals surface area contributed by atoms with Crippen LogP contribution in [0.2, 0.25) is 0 Å². The molecule has 1 N–H and O–H groups in total. The molecule has 3 nitrogen and oxygen atoms in total. The van der Waals surface area contributed by atoms with Crippen molar-refractivity contribution in [1.82, 2.24) is 4.98 Å². The summed E-state index contributed by atoms with van der Waals surface area (Å²) in [5, 5.41) is 13.8. The number of pyridine rings is 1. The third-order valence-corrected chi connectivity index (χ3v) is 3.75. The molecule has 0 fully saturated rings. The van der Waals surface area contributed by atoms with Crippen molar-refractivity contribution in [2.24, 2.45) is 0 Å². The molecule has 0 aliphatic rings. The second kappa shape index (κ2) is 7.13. The lowest BCUT2D eigenvalue weighted by atomic mass is 10.0. The molecule has 0 unspecified atom stereocenters. The first-order valence-electron chi connectivity index (χ1n) is 7.36. The Morgan fingerprint density at radius 2 is 2.00 bits per heavy atom. The summed E-state index contributed by atoms with van der Waals surface area (Å²) in [6.45, 7) is 4.17. The van der Waals surface area contributed by atoms with Gasteiger partial charge in [0.15, 0.2) is 0 Å². The summed E-state index contributed by atoms with van der Waals surface area (Å²) < 4.78 is 0. The van der Waals surface area contributed by atoms with Crippen LogP contribution in [-0.4, -0.2) is 4.98 Å². The molecule has 0 aliphatic heterocycles. The van der Waals surface area contributed by atoms with Crippen molar-refractivity contribution in [3.63, 3.8) is 0 Å². The van der Waals surface area contributed by atoms with Crippen LogP contribution < -0.4 is 5.32 Å². The molecule has 0 bridgehead atoms. The van der Waals surface area contributed by atoms with Gasteiger partial charge in [-0.05, 0) is 48.7 Å². The molecule has 3 aromatic rings. The van der Waals surface area contributed by atoms with E-state index in [-0.39, 0.29) is 12.4 Å². The summed E-state index contributed by atoms with van der Waals surface area (Å²) in [6.07, 6.45) is 2.59. The van der Waals surface area contributed by atoms with E-state index in [0.717, 1.165) is 28.7 Å². The van der Waals surface area contributed by atoms with Crippen LogP contribution in [0.5, 0.6) is 0 Å². The highest BCUT2D eigenvalue weighted by atomic mass is 35.5. The Labute approximate surface area is 142 Å². The van der Waals surface area contributed by atoms with E-state index in [0.29, 0.717) is 5.56 Å². The van der Waals surface area contributed by atoms with Gasteiger partial charge in [0.1, 0.15) is 6.07 Å². The molecule has 0 amide bonds. The lowest BCUT2D eigenvalue weighted by molar-refractivity contribution is 1.14. The van der Waals surface area contributed by atoms with Gasteiger partial charge < -0.3 is 5.32 Å². The summed E-state index contributed by atoms with van der Waals surface area (Å²) in [5.74, 6) is 0. The van der Waals surface area contributed by atoms with E-state index in [1.54, 1.807) is 6.20 Å². The van der Waals surface area contributed by atoms with Gasteiger partial charge in [-0.25, -0.2) is 0 Å². The maximum absolute atomic E-state index is 9.41. The lowest BCUT2D eigenvalue weighted by Gasteiger charge is -2.12. The molecule has 1 heterocycles. The van der Waals surface area contributed by atoms with Crippen molar-refractivity contribution < 1.29 is 0 Å². The van der Waals surface area contributed by atoms with Gasteiger partial charge in [-0.15, -0.1) is 12.4 Å². The molecule has 0 saturated heterocycles. The first-order valence-corrected chi connectivity index (χ1v) is 7.36. The number of aryl methyl sites for hydroxylation is 2. The zero-order valence-corrected chi connectivity index (χ0v) is 13.9. The van der Waals surface area contributed by atoms with Crippen LogP contribution in [0.4, 0.5) is 11.4 Å². The highest BCUT2D eigenvalue weighted by Crippen LogP contribution is 2.29. The Morgan fingerprint density at radius 3 is 2.70 bits per heavy atom. The Bertz CT molecular complexity index is 881. The number of rotatable bonds is 3. The van der Waals surface area contributed by atoms with Gasteiger partial charge in [-0.3, -0.25) is 4.98 Å². The van der Waals surface area contributed by atoms with E-state index in [1.165, 1.54) is 11.1 Å². The Kier molecular flexibility index (Phi) is 5.20. The van der Waals surface area contributed by atoms with Gasteiger partial charge in [0.2, 0.25) is 0 Å². The monoisotopic (exact) mass is 323 g/mol. The normalized spacial score (nSPS) is 9.96. The smallest absolute Gasteiger partial charge is 0.103 e. The maximum Gasteiger partial charge on any atom is 0.103 e. The second-order valence-corrected chi connectivity index (χ2v) is 5.36. The number of anilines is 2. The average molecular weight is 324 g/mol. The first kappa shape index (κ1) is 16.8. The molecule has 116 valence electrons. The quantitative estimate of drug-likeness (QED) is 0.725. The van der Waals surface area contributed by atoms with E-state index >= 15 is 0 Å². The Balaban J connectivity index is 0.00000192. The summed E-state index contributed by atoms with van der Waals surface area (Å²) in [6, 6.07) is 16.6. The van der Waals surface area contributed by atoms with Gasteiger partial charge in [0.25, 0.3) is 0 Å². The van der Waals surface area contributed by atoms with Crippen molar-refractivity contribution >= 4 is 34.7 Å². The molecule has 1 aromatic heterocycles. The van der Waals surface area contributed by atoms with Gasteiger partial charge in [0, 0.05) is 17.3 Å². The topological polar surface area (TPSA) is 48.7 Å². The maximum atomic E-state index is 9.41. The van der Waals surface area contributed by atoms with Crippen LogP contribution in [-0.2, 0) is 6.42 Å². The predicted octanol–water partition coefficient (Wildman–Crippen LogP) is 5.14. The third kappa shape index (κ3) is 3.44. The van der Waals surface area contributed by atoms with E-state index in [1.807, 2.05) is 18.2 Å². The number of hydrogen-bond donors (Lipinski definition) is 1. The van der Waals surface area contributed by atoms with E-state index < -0.39 is 0 Å². The van der Waals surface area contributed by atoms with Crippen molar-refractivity contribution in [2.45, 2.75) is 20.3 Å². The van der Waals surface area contributed by atoms with E-state index in [9.17, 15) is 5.26 Å². The van der Waals surface area contributed by atoms with E-state index in [2.05, 4.69) is 54.5 Å². The molecule has 0 atom stereocenters. The zero-order valence-electron chi connectivity index (χ0n) is 13.1. The summed E-state index contributed by atoms with van der Waals surface area (Å²) in [4.78, 5) is 4.38. The van der Waals surface area contributed by atoms with Crippen LogP contribution in [0, 0.1) is 18.3 Å². The van der Waals surface area contributed by atoms with Crippen LogP contribution in [0.15, 0.2) is 48.7 Å². The highest BCUT2D eigenvalue weighted by Gasteiger charge is 2.10. The molecule has 4 heteroatoms. The van der Waals surface area contributed by atoms with E-state index in [4.69, 9.17) is 0 Å². The number of nitrogens with one attached hydrogen (secondary N) is 1. The minimum absolute atomic E-state index is 0. The van der Waals surface area contributed by atoms with Crippen molar-refractivity contribution in [2.75, 3.05) is 5.32 Å². The lowest BCUT2D eigenvalue weighted by Crippen LogP contribution is -1.97. The summed E-state index contributed by atoms with van der Waals surface area (Å²) in [7, 11) is 0.